The van der Waals surface area contributed by atoms with Gasteiger partial charge in [-0.3, -0.25) is 9.59 Å². The van der Waals surface area contributed by atoms with Gasteiger partial charge in [-0.15, -0.1) is 0 Å². The summed E-state index contributed by atoms with van der Waals surface area (Å²) in [5.74, 6) is 2.27. The van der Waals surface area contributed by atoms with Crippen LogP contribution in [-0.2, 0) is 9.59 Å². The molecule has 4 fully saturated rings. The zero-order valence-corrected chi connectivity index (χ0v) is 13.8. The number of carbonyl (C=O) groups excluding carboxylic acids is 2. The Balaban J connectivity index is 1.71. The lowest BCUT2D eigenvalue weighted by atomic mass is 9.45. The van der Waals surface area contributed by atoms with Gasteiger partial charge in [-0.1, -0.05) is 13.8 Å². The van der Waals surface area contributed by atoms with Crippen LogP contribution in [0.15, 0.2) is 0 Å². The van der Waals surface area contributed by atoms with Crippen LogP contribution in [0, 0.1) is 34.5 Å². The van der Waals surface area contributed by atoms with Crippen molar-refractivity contribution in [3.05, 3.63) is 0 Å². The molecule has 0 aromatic rings. The highest BCUT2D eigenvalue weighted by molar-refractivity contribution is 5.85. The van der Waals surface area contributed by atoms with E-state index in [4.69, 9.17) is 0 Å². The Morgan fingerprint density at radius 3 is 2.59 bits per heavy atom. The Bertz CT molecular complexity index is 527. The van der Waals surface area contributed by atoms with Crippen LogP contribution in [0.25, 0.3) is 0 Å². The third-order valence-electron chi connectivity index (χ3n) is 8.11. The fraction of sp³-hybridized carbons (Fsp3) is 0.895. The molecule has 3 heteroatoms. The molecule has 0 aliphatic heterocycles. The van der Waals surface area contributed by atoms with Gasteiger partial charge in [0.2, 0.25) is 0 Å². The van der Waals surface area contributed by atoms with E-state index in [0.717, 1.165) is 32.1 Å². The predicted molar refractivity (Wildman–Crippen MR) is 83.1 cm³/mol. The highest BCUT2D eigenvalue weighted by Gasteiger charge is 2.63. The molecule has 0 bridgehead atoms. The predicted octanol–water partition coefficient (Wildman–Crippen LogP) is 3.14. The molecule has 0 radical (unpaired) electrons. The quantitative estimate of drug-likeness (QED) is 0.748. The number of aliphatic hydroxyl groups is 1. The first kappa shape index (κ1) is 14.9. The largest absolute Gasteiger partial charge is 0.393 e. The highest BCUT2D eigenvalue weighted by atomic mass is 16.3. The van der Waals surface area contributed by atoms with Gasteiger partial charge in [-0.2, -0.15) is 0 Å². The minimum Gasteiger partial charge on any atom is -0.393 e. The lowest BCUT2D eigenvalue weighted by Gasteiger charge is -2.58. The van der Waals surface area contributed by atoms with Crippen molar-refractivity contribution in [3.8, 4) is 0 Å². The number of fused-ring (bicyclic) bond motifs is 5. The second kappa shape index (κ2) is 4.66. The van der Waals surface area contributed by atoms with Crippen molar-refractivity contribution in [1.29, 1.82) is 0 Å². The third kappa shape index (κ3) is 1.78. The molecule has 1 N–H and O–H groups in total. The summed E-state index contributed by atoms with van der Waals surface area (Å²) in [6, 6.07) is 0. The molecular weight excluding hydrogens is 276 g/mol. The minimum atomic E-state index is -0.305. The van der Waals surface area contributed by atoms with Crippen molar-refractivity contribution >= 4 is 11.6 Å². The SMILES string of the molecule is C[C@]12CCC(=O)C[C@H]1CC[C@H]1[C@@H]3CC[C@H](O)[C@@]3(C)CC(=O)[C@@H]12. The van der Waals surface area contributed by atoms with E-state index in [9.17, 15) is 14.7 Å². The van der Waals surface area contributed by atoms with Gasteiger partial charge >= 0.3 is 0 Å². The van der Waals surface area contributed by atoms with Crippen LogP contribution in [-0.4, -0.2) is 22.8 Å². The molecule has 4 rings (SSSR count). The topological polar surface area (TPSA) is 54.4 Å². The van der Waals surface area contributed by atoms with Crippen molar-refractivity contribution in [2.24, 2.45) is 34.5 Å². The molecule has 0 heterocycles. The van der Waals surface area contributed by atoms with Gasteiger partial charge in [-0.05, 0) is 55.3 Å². The maximum Gasteiger partial charge on any atom is 0.137 e. The van der Waals surface area contributed by atoms with E-state index < -0.39 is 0 Å². The van der Waals surface area contributed by atoms with Crippen molar-refractivity contribution in [2.75, 3.05) is 0 Å². The molecule has 0 aromatic carbocycles. The van der Waals surface area contributed by atoms with Crippen LogP contribution in [0.5, 0.6) is 0 Å². The number of hydrogen-bond acceptors (Lipinski definition) is 3. The molecule has 122 valence electrons. The Hall–Kier alpha value is -0.700. The number of Topliss-reactive ketones (excluding diaryl/α,β-unsaturated/α-hetero) is 2. The summed E-state index contributed by atoms with van der Waals surface area (Å²) < 4.78 is 0. The standard InChI is InChI=1S/C19H28O3/c1-18-8-7-12(20)9-11(18)3-4-13-14-5-6-16(22)19(14,2)10-15(21)17(13)18/h11,13-14,16-17,22H,3-10H2,1-2H3/t11-,13+,14+,16+,17-,18+,19+/m1/s1. The summed E-state index contributed by atoms with van der Waals surface area (Å²) in [6.45, 7) is 4.43. The van der Waals surface area contributed by atoms with Gasteiger partial charge < -0.3 is 5.11 Å². The monoisotopic (exact) mass is 304 g/mol. The lowest BCUT2D eigenvalue weighted by molar-refractivity contribution is -0.162. The highest BCUT2D eigenvalue weighted by Crippen LogP contribution is 2.64. The molecule has 22 heavy (non-hydrogen) atoms. The number of ketones is 2. The molecule has 0 saturated heterocycles. The maximum atomic E-state index is 13.1. The molecule has 4 aliphatic rings. The third-order valence-corrected chi connectivity index (χ3v) is 8.11. The summed E-state index contributed by atoms with van der Waals surface area (Å²) in [6.07, 6.45) is 6.61. The minimum absolute atomic E-state index is 0.0305. The molecule has 7 atom stereocenters. The van der Waals surface area contributed by atoms with Crippen LogP contribution >= 0.6 is 0 Å². The van der Waals surface area contributed by atoms with Crippen LogP contribution in [0.1, 0.15) is 65.2 Å². The second-order valence-electron chi connectivity index (χ2n) is 9.01. The average Bonchev–Trinajstić information content (AvgIpc) is 2.75. The Morgan fingerprint density at radius 2 is 1.82 bits per heavy atom. The Morgan fingerprint density at radius 1 is 1.05 bits per heavy atom. The summed E-state index contributed by atoms with van der Waals surface area (Å²) in [5.41, 5.74) is -0.158. The van der Waals surface area contributed by atoms with Crippen molar-refractivity contribution < 1.29 is 14.7 Å². The van der Waals surface area contributed by atoms with E-state index in [1.165, 1.54) is 0 Å². The summed E-state index contributed by atoms with van der Waals surface area (Å²) in [7, 11) is 0. The fourth-order valence-corrected chi connectivity index (χ4v) is 6.83. The molecule has 0 amide bonds. The molecule has 0 unspecified atom stereocenters. The Labute approximate surface area is 132 Å². The van der Waals surface area contributed by atoms with Crippen molar-refractivity contribution in [1.82, 2.24) is 0 Å². The normalized spacial score (nSPS) is 54.6. The average molecular weight is 304 g/mol. The summed E-state index contributed by atoms with van der Waals surface area (Å²) >= 11 is 0. The van der Waals surface area contributed by atoms with Gasteiger partial charge in [0, 0.05) is 30.6 Å². The van der Waals surface area contributed by atoms with E-state index in [1.807, 2.05) is 0 Å². The van der Waals surface area contributed by atoms with Crippen LogP contribution in [0.4, 0.5) is 0 Å². The zero-order chi connectivity index (χ0) is 15.7. The molecule has 0 spiro atoms. The van der Waals surface area contributed by atoms with Crippen molar-refractivity contribution in [3.63, 3.8) is 0 Å². The maximum absolute atomic E-state index is 13.1. The molecule has 4 aliphatic carbocycles. The van der Waals surface area contributed by atoms with E-state index in [1.54, 1.807) is 0 Å². The van der Waals surface area contributed by atoms with Gasteiger partial charge in [0.25, 0.3) is 0 Å². The zero-order valence-electron chi connectivity index (χ0n) is 13.8. The number of rotatable bonds is 0. The fourth-order valence-electron chi connectivity index (χ4n) is 6.83. The second-order valence-corrected chi connectivity index (χ2v) is 9.01. The molecule has 3 nitrogen and oxygen atoms in total. The van der Waals surface area contributed by atoms with Gasteiger partial charge in [0.15, 0.2) is 0 Å². The van der Waals surface area contributed by atoms with E-state index >= 15 is 0 Å². The van der Waals surface area contributed by atoms with Crippen LogP contribution in [0.3, 0.4) is 0 Å². The van der Waals surface area contributed by atoms with Gasteiger partial charge in [-0.25, -0.2) is 0 Å². The van der Waals surface area contributed by atoms with E-state index in [2.05, 4.69) is 13.8 Å². The number of aliphatic hydroxyl groups excluding tert-OH is 1. The van der Waals surface area contributed by atoms with Crippen LogP contribution in [0.2, 0.25) is 0 Å². The van der Waals surface area contributed by atoms with Crippen molar-refractivity contribution in [2.45, 2.75) is 71.3 Å². The summed E-state index contributed by atoms with van der Waals surface area (Å²) in [5, 5.41) is 10.4. The number of hydrogen-bond donors (Lipinski definition) is 1. The van der Waals surface area contributed by atoms with Crippen LogP contribution < -0.4 is 0 Å². The van der Waals surface area contributed by atoms with E-state index in [0.29, 0.717) is 48.6 Å². The molecule has 4 saturated carbocycles. The first-order valence-corrected chi connectivity index (χ1v) is 9.09. The smallest absolute Gasteiger partial charge is 0.137 e. The molecule has 0 aromatic heterocycles. The van der Waals surface area contributed by atoms with Gasteiger partial charge in [0.1, 0.15) is 11.6 Å². The molecular formula is C19H28O3. The number of carbonyl (C=O) groups is 2. The Kier molecular flexibility index (Phi) is 3.15. The summed E-state index contributed by atoms with van der Waals surface area (Å²) in [4.78, 5) is 24.9. The first-order valence-electron chi connectivity index (χ1n) is 9.09. The van der Waals surface area contributed by atoms with E-state index in [-0.39, 0.29) is 22.9 Å². The lowest BCUT2D eigenvalue weighted by Crippen LogP contribution is -2.57. The van der Waals surface area contributed by atoms with Gasteiger partial charge in [0.05, 0.1) is 6.10 Å². The first-order chi connectivity index (χ1) is 10.4.